The minimum Gasteiger partial charge on any atom is -0.343 e. The van der Waals surface area contributed by atoms with Crippen LogP contribution in [0.5, 0.6) is 0 Å². The molecule has 0 saturated carbocycles. The van der Waals surface area contributed by atoms with E-state index >= 15 is 0 Å². The molecule has 110 valence electrons. The quantitative estimate of drug-likeness (QED) is 0.577. The van der Waals surface area contributed by atoms with Gasteiger partial charge in [0.1, 0.15) is 5.82 Å². The van der Waals surface area contributed by atoms with Gasteiger partial charge in [-0.1, -0.05) is 6.58 Å². The predicted octanol–water partition coefficient (Wildman–Crippen LogP) is 4.90. The van der Waals surface area contributed by atoms with Crippen LogP contribution in [0.25, 0.3) is 0 Å². The Balaban J connectivity index is 2.27. The minimum atomic E-state index is -4.23. The Labute approximate surface area is 119 Å². The van der Waals surface area contributed by atoms with Crippen LogP contribution in [0.1, 0.15) is 18.4 Å². The van der Waals surface area contributed by atoms with Crippen LogP contribution in [-0.4, -0.2) is 18.5 Å². The highest BCUT2D eigenvalue weighted by molar-refractivity contribution is 7.99. The van der Waals surface area contributed by atoms with Gasteiger partial charge in [0.15, 0.2) is 0 Å². The van der Waals surface area contributed by atoms with Gasteiger partial charge in [-0.25, -0.2) is 4.39 Å². The summed E-state index contributed by atoms with van der Waals surface area (Å²) in [5.74, 6) is -1.39. The first kappa shape index (κ1) is 15.2. The Kier molecular flexibility index (Phi) is 4.32. The van der Waals surface area contributed by atoms with E-state index in [1.807, 2.05) is 0 Å². The lowest BCUT2D eigenvalue weighted by atomic mass is 10.2. The third kappa shape index (κ3) is 3.48. The summed E-state index contributed by atoms with van der Waals surface area (Å²) >= 11 is 0.689. The molecule has 0 bridgehead atoms. The fourth-order valence-corrected chi connectivity index (χ4v) is 2.99. The molecule has 2 rings (SSSR count). The van der Waals surface area contributed by atoms with Crippen LogP contribution in [0, 0.1) is 12.7 Å². The fourth-order valence-electron chi connectivity index (χ4n) is 2.19. The van der Waals surface area contributed by atoms with Crippen molar-refractivity contribution in [3.05, 3.63) is 35.8 Å². The molecule has 0 atom stereocenters. The van der Waals surface area contributed by atoms with E-state index in [4.69, 9.17) is 0 Å². The van der Waals surface area contributed by atoms with Gasteiger partial charge >= 0.3 is 6.18 Å². The smallest absolute Gasteiger partial charge is 0.343 e. The Hall–Kier alpha value is -1.17. The first-order valence-electron chi connectivity index (χ1n) is 6.23. The lowest BCUT2D eigenvalue weighted by Gasteiger charge is -2.21. The van der Waals surface area contributed by atoms with Crippen molar-refractivity contribution in [2.45, 2.75) is 30.8 Å². The first-order valence-corrected chi connectivity index (χ1v) is 7.21. The first-order chi connectivity index (χ1) is 9.28. The standard InChI is InChI=1S/C14H15F4NS/c1-9-6-11(15)12(19-5-3-4-10(19)2)7-13(9)20-8-14(16,17)18/h6-7H,2-5,8H2,1H3. The number of thioether (sulfide) groups is 1. The number of aryl methyl sites for hydroxylation is 1. The van der Waals surface area contributed by atoms with E-state index in [-0.39, 0.29) is 0 Å². The van der Waals surface area contributed by atoms with Gasteiger partial charge in [0.25, 0.3) is 0 Å². The Morgan fingerprint density at radius 2 is 2.05 bits per heavy atom. The van der Waals surface area contributed by atoms with Crippen molar-refractivity contribution in [2.24, 2.45) is 0 Å². The van der Waals surface area contributed by atoms with E-state index in [2.05, 4.69) is 6.58 Å². The number of nitrogens with zero attached hydrogens (tertiary/aromatic N) is 1. The third-order valence-corrected chi connectivity index (χ3v) is 4.38. The predicted molar refractivity (Wildman–Crippen MR) is 73.6 cm³/mol. The Bertz CT molecular complexity index is 525. The molecule has 20 heavy (non-hydrogen) atoms. The van der Waals surface area contributed by atoms with Crippen molar-refractivity contribution in [1.29, 1.82) is 0 Å². The summed E-state index contributed by atoms with van der Waals surface area (Å²) in [6.45, 7) is 6.13. The minimum absolute atomic E-state index is 0.322. The summed E-state index contributed by atoms with van der Waals surface area (Å²) < 4.78 is 50.9. The average Bonchev–Trinajstić information content (AvgIpc) is 2.73. The molecule has 0 radical (unpaired) electrons. The van der Waals surface area contributed by atoms with Gasteiger partial charge in [-0.15, -0.1) is 11.8 Å². The zero-order valence-electron chi connectivity index (χ0n) is 11.1. The van der Waals surface area contributed by atoms with E-state index in [1.165, 1.54) is 12.1 Å². The van der Waals surface area contributed by atoms with Crippen molar-refractivity contribution in [3.63, 3.8) is 0 Å². The largest absolute Gasteiger partial charge is 0.398 e. The maximum absolute atomic E-state index is 14.0. The molecule has 1 heterocycles. The topological polar surface area (TPSA) is 3.24 Å². The summed E-state index contributed by atoms with van der Waals surface area (Å²) in [6.07, 6.45) is -2.56. The van der Waals surface area contributed by atoms with E-state index in [0.717, 1.165) is 18.5 Å². The SMILES string of the molecule is C=C1CCCN1c1cc(SCC(F)(F)F)c(C)cc1F. The number of benzene rings is 1. The van der Waals surface area contributed by atoms with Crippen molar-refractivity contribution in [2.75, 3.05) is 17.2 Å². The molecule has 0 unspecified atom stereocenters. The average molecular weight is 305 g/mol. The lowest BCUT2D eigenvalue weighted by Crippen LogP contribution is -2.17. The summed E-state index contributed by atoms with van der Waals surface area (Å²) in [5.41, 5.74) is 1.65. The molecule has 0 aromatic heterocycles. The van der Waals surface area contributed by atoms with E-state index in [0.29, 0.717) is 34.5 Å². The van der Waals surface area contributed by atoms with Crippen molar-refractivity contribution >= 4 is 17.4 Å². The van der Waals surface area contributed by atoms with Crippen LogP contribution in [0.2, 0.25) is 0 Å². The molecule has 1 fully saturated rings. The highest BCUT2D eigenvalue weighted by atomic mass is 32.2. The summed E-state index contributed by atoms with van der Waals surface area (Å²) in [4.78, 5) is 2.20. The maximum Gasteiger partial charge on any atom is 0.398 e. The van der Waals surface area contributed by atoms with Crippen LogP contribution in [0.4, 0.5) is 23.2 Å². The van der Waals surface area contributed by atoms with Crippen LogP contribution >= 0.6 is 11.8 Å². The molecule has 0 N–H and O–H groups in total. The second kappa shape index (κ2) is 5.68. The molecule has 1 aromatic carbocycles. The molecule has 1 aliphatic rings. The van der Waals surface area contributed by atoms with Crippen LogP contribution in [0.15, 0.2) is 29.3 Å². The van der Waals surface area contributed by atoms with Crippen LogP contribution in [-0.2, 0) is 0 Å². The molecule has 0 spiro atoms. The highest BCUT2D eigenvalue weighted by Crippen LogP contribution is 2.36. The second-order valence-corrected chi connectivity index (χ2v) is 5.81. The number of alkyl halides is 3. The summed E-state index contributed by atoms with van der Waals surface area (Å²) in [5, 5.41) is 0. The molecule has 0 aliphatic carbocycles. The molecule has 6 heteroatoms. The van der Waals surface area contributed by atoms with Crippen molar-refractivity contribution < 1.29 is 17.6 Å². The molecule has 1 nitrogen and oxygen atoms in total. The second-order valence-electron chi connectivity index (χ2n) is 4.79. The maximum atomic E-state index is 14.0. The number of hydrogen-bond donors (Lipinski definition) is 0. The Morgan fingerprint density at radius 3 is 2.60 bits per heavy atom. The molecular formula is C14H15F4NS. The van der Waals surface area contributed by atoms with Gasteiger partial charge in [0.05, 0.1) is 11.4 Å². The summed E-state index contributed by atoms with van der Waals surface area (Å²) in [6, 6.07) is 2.79. The van der Waals surface area contributed by atoms with Gasteiger partial charge < -0.3 is 4.90 Å². The zero-order chi connectivity index (χ0) is 14.9. The Morgan fingerprint density at radius 1 is 1.35 bits per heavy atom. The van der Waals surface area contributed by atoms with E-state index in [1.54, 1.807) is 11.8 Å². The summed E-state index contributed by atoms with van der Waals surface area (Å²) in [7, 11) is 0. The molecule has 0 amide bonds. The van der Waals surface area contributed by atoms with E-state index < -0.39 is 17.7 Å². The van der Waals surface area contributed by atoms with Crippen LogP contribution < -0.4 is 4.90 Å². The molecule has 1 aromatic rings. The van der Waals surface area contributed by atoms with Gasteiger partial charge in [0, 0.05) is 17.1 Å². The molecular weight excluding hydrogens is 290 g/mol. The number of hydrogen-bond acceptors (Lipinski definition) is 2. The van der Waals surface area contributed by atoms with Crippen LogP contribution in [0.3, 0.4) is 0 Å². The third-order valence-electron chi connectivity index (χ3n) is 3.16. The van der Waals surface area contributed by atoms with E-state index in [9.17, 15) is 17.6 Å². The molecule has 1 aliphatic heterocycles. The number of anilines is 1. The monoisotopic (exact) mass is 305 g/mol. The zero-order valence-corrected chi connectivity index (χ0v) is 11.9. The van der Waals surface area contributed by atoms with Crippen molar-refractivity contribution in [3.8, 4) is 0 Å². The lowest BCUT2D eigenvalue weighted by molar-refractivity contribution is -0.105. The van der Waals surface area contributed by atoms with Crippen molar-refractivity contribution in [1.82, 2.24) is 0 Å². The van der Waals surface area contributed by atoms with Gasteiger partial charge in [0.2, 0.25) is 0 Å². The highest BCUT2D eigenvalue weighted by Gasteiger charge is 2.28. The van der Waals surface area contributed by atoms with Gasteiger partial charge in [-0.2, -0.15) is 13.2 Å². The van der Waals surface area contributed by atoms with Gasteiger partial charge in [-0.05, 0) is 37.5 Å². The number of rotatable bonds is 3. The normalized spacial score (nSPS) is 16.1. The fraction of sp³-hybridized carbons (Fsp3) is 0.429. The molecule has 1 saturated heterocycles. The van der Waals surface area contributed by atoms with Gasteiger partial charge in [-0.3, -0.25) is 0 Å². The number of allylic oxidation sites excluding steroid dienone is 1. The number of halogens is 4.